The summed E-state index contributed by atoms with van der Waals surface area (Å²) in [7, 11) is 0. The molecule has 6 heteroatoms. The highest BCUT2D eigenvalue weighted by Crippen LogP contribution is 2.40. The molecule has 1 fully saturated rings. The fourth-order valence-electron chi connectivity index (χ4n) is 3.43. The second-order valence-corrected chi connectivity index (χ2v) is 7.88. The van der Waals surface area contributed by atoms with E-state index < -0.39 is 5.97 Å². The number of carbonyl (C=O) groups is 1. The molecule has 1 N–H and O–H groups in total. The fraction of sp³-hybridized carbons (Fsp3) is 0.316. The molecule has 0 aliphatic carbocycles. The van der Waals surface area contributed by atoms with Crippen LogP contribution < -0.4 is 0 Å². The molecule has 0 radical (unpaired) electrons. The number of benzene rings is 2. The summed E-state index contributed by atoms with van der Waals surface area (Å²) in [6.07, 6.45) is 1.55. The van der Waals surface area contributed by atoms with Crippen LogP contribution in [0, 0.1) is 5.92 Å². The Labute approximate surface area is 165 Å². The monoisotopic (exact) mass is 441 g/mol. The van der Waals surface area contributed by atoms with E-state index in [9.17, 15) is 9.90 Å². The highest BCUT2D eigenvalue weighted by molar-refractivity contribution is 9.10. The van der Waals surface area contributed by atoms with Gasteiger partial charge in [0.25, 0.3) is 0 Å². The first-order valence-electron chi connectivity index (χ1n) is 8.14. The summed E-state index contributed by atoms with van der Waals surface area (Å²) in [6.45, 7) is 1.31. The SMILES string of the molecule is O=C(O)C1CCCN(C(c2ccccc2Br)c2cccc(Cl)c2Cl)C1. The van der Waals surface area contributed by atoms with Crippen LogP contribution in [0.25, 0.3) is 0 Å². The first-order chi connectivity index (χ1) is 12.0. The van der Waals surface area contributed by atoms with Crippen LogP contribution in [0.5, 0.6) is 0 Å². The molecule has 0 aromatic heterocycles. The number of nitrogens with zero attached hydrogens (tertiary/aromatic N) is 1. The van der Waals surface area contributed by atoms with Gasteiger partial charge in [-0.3, -0.25) is 9.69 Å². The maximum absolute atomic E-state index is 11.5. The minimum atomic E-state index is -0.743. The number of halogens is 3. The average Bonchev–Trinajstić information content (AvgIpc) is 2.61. The van der Waals surface area contributed by atoms with E-state index in [1.54, 1.807) is 6.07 Å². The van der Waals surface area contributed by atoms with Crippen molar-refractivity contribution in [2.24, 2.45) is 5.92 Å². The van der Waals surface area contributed by atoms with Crippen molar-refractivity contribution >= 4 is 45.1 Å². The van der Waals surface area contributed by atoms with Gasteiger partial charge >= 0.3 is 5.97 Å². The smallest absolute Gasteiger partial charge is 0.307 e. The Morgan fingerprint density at radius 3 is 2.60 bits per heavy atom. The molecule has 1 saturated heterocycles. The molecule has 25 heavy (non-hydrogen) atoms. The number of carboxylic acid groups (broad SMARTS) is 1. The van der Waals surface area contributed by atoms with E-state index in [0.717, 1.165) is 28.6 Å². The van der Waals surface area contributed by atoms with Gasteiger partial charge in [-0.05, 0) is 42.6 Å². The maximum atomic E-state index is 11.5. The van der Waals surface area contributed by atoms with Gasteiger partial charge in [0.05, 0.1) is 22.0 Å². The van der Waals surface area contributed by atoms with Crippen LogP contribution in [-0.4, -0.2) is 29.1 Å². The molecule has 0 spiro atoms. The van der Waals surface area contributed by atoms with Gasteiger partial charge in [-0.25, -0.2) is 0 Å². The summed E-state index contributed by atoms with van der Waals surface area (Å²) in [5, 5.41) is 10.5. The highest BCUT2D eigenvalue weighted by Gasteiger charge is 2.33. The van der Waals surface area contributed by atoms with Crippen LogP contribution in [-0.2, 0) is 4.79 Å². The van der Waals surface area contributed by atoms with E-state index >= 15 is 0 Å². The minimum Gasteiger partial charge on any atom is -0.481 e. The topological polar surface area (TPSA) is 40.5 Å². The Morgan fingerprint density at radius 2 is 1.88 bits per heavy atom. The molecule has 0 bridgehead atoms. The Hall–Kier alpha value is -1.07. The predicted octanol–water partition coefficient (Wildman–Crippen LogP) is 5.64. The number of hydrogen-bond acceptors (Lipinski definition) is 2. The molecular formula is C19H18BrCl2NO2. The number of aliphatic carboxylic acids is 1. The molecule has 3 rings (SSSR count). The van der Waals surface area contributed by atoms with E-state index in [1.165, 1.54) is 0 Å². The zero-order valence-electron chi connectivity index (χ0n) is 13.5. The Balaban J connectivity index is 2.08. The molecule has 2 aromatic carbocycles. The van der Waals surface area contributed by atoms with Crippen LogP contribution in [0.4, 0.5) is 0 Å². The number of hydrogen-bond donors (Lipinski definition) is 1. The van der Waals surface area contributed by atoms with Crippen molar-refractivity contribution in [1.82, 2.24) is 4.90 Å². The summed E-state index contributed by atoms with van der Waals surface area (Å²) in [4.78, 5) is 13.7. The van der Waals surface area contributed by atoms with Crippen molar-refractivity contribution in [3.8, 4) is 0 Å². The quantitative estimate of drug-likeness (QED) is 0.665. The fourth-order valence-corrected chi connectivity index (χ4v) is 4.34. The van der Waals surface area contributed by atoms with E-state index in [-0.39, 0.29) is 12.0 Å². The summed E-state index contributed by atoms with van der Waals surface area (Å²) in [6, 6.07) is 13.4. The summed E-state index contributed by atoms with van der Waals surface area (Å²) in [5.41, 5.74) is 1.95. The number of likely N-dealkylation sites (tertiary alicyclic amines) is 1. The lowest BCUT2D eigenvalue weighted by atomic mass is 9.91. The Kier molecular flexibility index (Phi) is 6.05. The van der Waals surface area contributed by atoms with Crippen molar-refractivity contribution < 1.29 is 9.90 Å². The number of carboxylic acids is 1. The first-order valence-corrected chi connectivity index (χ1v) is 9.69. The Bertz CT molecular complexity index is 784. The zero-order valence-corrected chi connectivity index (χ0v) is 16.6. The lowest BCUT2D eigenvalue weighted by molar-refractivity contribution is -0.143. The standard InChI is InChI=1S/C19H18BrCl2NO2/c20-15-8-2-1-6-13(15)18(14-7-3-9-16(21)17(14)22)23-10-4-5-12(11-23)19(24)25/h1-3,6-9,12,18H,4-5,10-11H2,(H,24,25). The van der Waals surface area contributed by atoms with Gasteiger partial charge in [0, 0.05) is 11.0 Å². The highest BCUT2D eigenvalue weighted by atomic mass is 79.9. The summed E-state index contributed by atoms with van der Waals surface area (Å²) in [5.74, 6) is -1.11. The zero-order chi connectivity index (χ0) is 18.0. The number of piperidine rings is 1. The van der Waals surface area contributed by atoms with Crippen LogP contribution in [0.1, 0.15) is 30.0 Å². The van der Waals surface area contributed by atoms with Gasteiger partial charge < -0.3 is 5.11 Å². The molecule has 3 nitrogen and oxygen atoms in total. The van der Waals surface area contributed by atoms with E-state index in [0.29, 0.717) is 23.0 Å². The lowest BCUT2D eigenvalue weighted by Gasteiger charge is -2.38. The van der Waals surface area contributed by atoms with Gasteiger partial charge in [0.15, 0.2) is 0 Å². The van der Waals surface area contributed by atoms with Crippen LogP contribution >= 0.6 is 39.1 Å². The van der Waals surface area contributed by atoms with Crippen molar-refractivity contribution in [3.63, 3.8) is 0 Å². The van der Waals surface area contributed by atoms with E-state index in [1.807, 2.05) is 36.4 Å². The van der Waals surface area contributed by atoms with Gasteiger partial charge in [-0.15, -0.1) is 0 Å². The molecule has 0 amide bonds. The molecule has 1 aliphatic rings. The second-order valence-electron chi connectivity index (χ2n) is 6.24. The van der Waals surface area contributed by atoms with Crippen molar-refractivity contribution in [3.05, 3.63) is 68.1 Å². The maximum Gasteiger partial charge on any atom is 0.307 e. The third-order valence-electron chi connectivity index (χ3n) is 4.64. The van der Waals surface area contributed by atoms with Gasteiger partial charge in [0.2, 0.25) is 0 Å². The van der Waals surface area contributed by atoms with Crippen LogP contribution in [0.3, 0.4) is 0 Å². The molecule has 1 heterocycles. The van der Waals surface area contributed by atoms with E-state index in [2.05, 4.69) is 20.8 Å². The molecule has 0 saturated carbocycles. The van der Waals surface area contributed by atoms with Gasteiger partial charge in [-0.2, -0.15) is 0 Å². The molecule has 1 aliphatic heterocycles. The molecule has 2 atom stereocenters. The minimum absolute atomic E-state index is 0.149. The molecular weight excluding hydrogens is 425 g/mol. The van der Waals surface area contributed by atoms with Crippen molar-refractivity contribution in [1.29, 1.82) is 0 Å². The molecule has 2 aromatic rings. The third-order valence-corrected chi connectivity index (χ3v) is 6.20. The second kappa shape index (κ2) is 8.09. The van der Waals surface area contributed by atoms with Crippen molar-refractivity contribution in [2.45, 2.75) is 18.9 Å². The average molecular weight is 443 g/mol. The van der Waals surface area contributed by atoms with E-state index in [4.69, 9.17) is 23.2 Å². The lowest BCUT2D eigenvalue weighted by Crippen LogP contribution is -2.41. The third kappa shape index (κ3) is 4.03. The largest absolute Gasteiger partial charge is 0.481 e. The van der Waals surface area contributed by atoms with Crippen molar-refractivity contribution in [2.75, 3.05) is 13.1 Å². The van der Waals surface area contributed by atoms with Crippen LogP contribution in [0.2, 0.25) is 10.0 Å². The number of rotatable bonds is 4. The Morgan fingerprint density at radius 1 is 1.16 bits per heavy atom. The molecule has 132 valence electrons. The van der Waals surface area contributed by atoms with Gasteiger partial charge in [0.1, 0.15) is 0 Å². The normalized spacial score (nSPS) is 19.6. The first kappa shape index (κ1) is 18.7. The predicted molar refractivity (Wildman–Crippen MR) is 104 cm³/mol. The van der Waals surface area contributed by atoms with Crippen LogP contribution in [0.15, 0.2) is 46.9 Å². The summed E-state index contributed by atoms with van der Waals surface area (Å²) >= 11 is 16.4. The summed E-state index contributed by atoms with van der Waals surface area (Å²) < 4.78 is 0.966. The molecule has 2 unspecified atom stereocenters. The van der Waals surface area contributed by atoms with Gasteiger partial charge in [-0.1, -0.05) is 69.5 Å².